The molecule has 116 valence electrons. The van der Waals surface area contributed by atoms with E-state index in [9.17, 15) is 0 Å². The molecule has 0 amide bonds. The van der Waals surface area contributed by atoms with Crippen molar-refractivity contribution in [2.45, 2.75) is 18.7 Å². The van der Waals surface area contributed by atoms with Crippen molar-refractivity contribution in [1.82, 2.24) is 0 Å². The number of halogens is 1. The van der Waals surface area contributed by atoms with Crippen molar-refractivity contribution < 1.29 is 18.9 Å². The van der Waals surface area contributed by atoms with E-state index in [1.54, 1.807) is 0 Å². The number of alkyl halides is 1. The van der Waals surface area contributed by atoms with Crippen molar-refractivity contribution in [2.24, 2.45) is 0 Å². The zero-order valence-corrected chi connectivity index (χ0v) is 12.7. The fourth-order valence-electron chi connectivity index (χ4n) is 2.11. The van der Waals surface area contributed by atoms with E-state index in [1.807, 2.05) is 60.7 Å². The summed E-state index contributed by atoms with van der Waals surface area (Å²) in [5.74, 6) is 1.53. The van der Waals surface area contributed by atoms with Gasteiger partial charge in [0.15, 0.2) is 0 Å². The third-order valence-electron chi connectivity index (χ3n) is 3.17. The minimum atomic E-state index is -1.62. The summed E-state index contributed by atoms with van der Waals surface area (Å²) in [7, 11) is 0. The Hall–Kier alpha value is -1.75. The molecule has 5 heteroatoms. The maximum absolute atomic E-state index is 5.92. The fraction of sp³-hybridized carbons (Fsp3) is 0.294. The van der Waals surface area contributed by atoms with E-state index in [0.29, 0.717) is 30.4 Å². The summed E-state index contributed by atoms with van der Waals surface area (Å²) in [6.07, 6.45) is -1.12. The maximum Gasteiger partial charge on any atom is 0.510 e. The van der Waals surface area contributed by atoms with Crippen LogP contribution in [-0.2, 0) is 9.47 Å². The standard InChI is InChI=1S/C17H17ClO4/c18-13-16-11-12-19-17(22-16,20-14-7-3-1-4-8-14)21-15-9-5-2-6-10-15/h1-10,16H,11-13H2. The van der Waals surface area contributed by atoms with Gasteiger partial charge >= 0.3 is 6.16 Å². The van der Waals surface area contributed by atoms with Crippen LogP contribution < -0.4 is 9.47 Å². The van der Waals surface area contributed by atoms with Crippen LogP contribution >= 0.6 is 11.6 Å². The zero-order valence-electron chi connectivity index (χ0n) is 12.0. The van der Waals surface area contributed by atoms with Crippen molar-refractivity contribution in [1.29, 1.82) is 0 Å². The SMILES string of the molecule is ClCC1CCOC(Oc2ccccc2)(Oc2ccccc2)O1. The van der Waals surface area contributed by atoms with Gasteiger partial charge in [0, 0.05) is 5.88 Å². The Balaban J connectivity index is 1.84. The van der Waals surface area contributed by atoms with Crippen molar-refractivity contribution in [3.63, 3.8) is 0 Å². The van der Waals surface area contributed by atoms with E-state index in [-0.39, 0.29) is 6.10 Å². The Morgan fingerprint density at radius 3 is 2.00 bits per heavy atom. The van der Waals surface area contributed by atoms with Crippen LogP contribution in [0.1, 0.15) is 6.42 Å². The number of ether oxygens (including phenoxy) is 4. The molecule has 0 radical (unpaired) electrons. The molecule has 2 aromatic rings. The Bertz CT molecular complexity index is 534. The molecule has 0 N–H and O–H groups in total. The molecule has 0 spiro atoms. The lowest BCUT2D eigenvalue weighted by atomic mass is 10.3. The third kappa shape index (κ3) is 3.71. The Morgan fingerprint density at radius 1 is 0.955 bits per heavy atom. The molecule has 1 unspecified atom stereocenters. The summed E-state index contributed by atoms with van der Waals surface area (Å²) in [6.45, 7) is 0.442. The van der Waals surface area contributed by atoms with E-state index in [1.165, 1.54) is 0 Å². The van der Waals surface area contributed by atoms with Crippen LogP contribution in [0.5, 0.6) is 11.5 Å². The van der Waals surface area contributed by atoms with Gasteiger partial charge in [0.05, 0.1) is 12.7 Å². The lowest BCUT2D eigenvalue weighted by Gasteiger charge is -2.38. The smallest absolute Gasteiger partial charge is 0.407 e. The van der Waals surface area contributed by atoms with Gasteiger partial charge < -0.3 is 9.47 Å². The largest absolute Gasteiger partial charge is 0.510 e. The molecule has 22 heavy (non-hydrogen) atoms. The fourth-order valence-corrected chi connectivity index (χ4v) is 2.33. The molecule has 1 saturated heterocycles. The topological polar surface area (TPSA) is 36.9 Å². The molecule has 0 aliphatic carbocycles. The summed E-state index contributed by atoms with van der Waals surface area (Å²) >= 11 is 5.92. The van der Waals surface area contributed by atoms with Crippen molar-refractivity contribution in [2.75, 3.05) is 12.5 Å². The maximum atomic E-state index is 5.92. The number of benzene rings is 2. The highest BCUT2D eigenvalue weighted by Gasteiger charge is 2.45. The lowest BCUT2D eigenvalue weighted by Crippen LogP contribution is -2.54. The summed E-state index contributed by atoms with van der Waals surface area (Å²) in [4.78, 5) is 0. The summed E-state index contributed by atoms with van der Waals surface area (Å²) < 4.78 is 23.2. The molecule has 1 aliphatic heterocycles. The highest BCUT2D eigenvalue weighted by Crippen LogP contribution is 2.30. The predicted octanol–water partition coefficient (Wildman–Crippen LogP) is 3.80. The summed E-state index contributed by atoms with van der Waals surface area (Å²) in [5.41, 5.74) is 0. The van der Waals surface area contributed by atoms with Crippen LogP contribution in [0.4, 0.5) is 0 Å². The normalized spacial score (nSPS) is 20.3. The van der Waals surface area contributed by atoms with Gasteiger partial charge in [-0.15, -0.1) is 11.6 Å². The Morgan fingerprint density at radius 2 is 1.50 bits per heavy atom. The summed E-state index contributed by atoms with van der Waals surface area (Å²) in [5, 5.41) is 0. The van der Waals surface area contributed by atoms with Crippen LogP contribution in [0.3, 0.4) is 0 Å². The molecule has 0 aromatic heterocycles. The van der Waals surface area contributed by atoms with Crippen LogP contribution in [-0.4, -0.2) is 24.8 Å². The Labute approximate surface area is 134 Å². The highest BCUT2D eigenvalue weighted by molar-refractivity contribution is 6.18. The third-order valence-corrected chi connectivity index (χ3v) is 3.52. The number of rotatable bonds is 5. The minimum Gasteiger partial charge on any atom is -0.407 e. The highest BCUT2D eigenvalue weighted by atomic mass is 35.5. The van der Waals surface area contributed by atoms with Gasteiger partial charge in [-0.1, -0.05) is 36.4 Å². The summed E-state index contributed by atoms with van der Waals surface area (Å²) in [6, 6.07) is 18.5. The number of hydrogen-bond donors (Lipinski definition) is 0. The van der Waals surface area contributed by atoms with Gasteiger partial charge in [-0.2, -0.15) is 0 Å². The van der Waals surface area contributed by atoms with Crippen LogP contribution in [0.2, 0.25) is 0 Å². The van der Waals surface area contributed by atoms with Gasteiger partial charge in [0.25, 0.3) is 0 Å². The molecular weight excluding hydrogens is 304 g/mol. The van der Waals surface area contributed by atoms with Crippen molar-refractivity contribution in [3.05, 3.63) is 60.7 Å². The molecular formula is C17H17ClO4. The first-order chi connectivity index (χ1) is 10.8. The molecule has 1 fully saturated rings. The first-order valence-electron chi connectivity index (χ1n) is 7.15. The van der Waals surface area contributed by atoms with E-state index < -0.39 is 6.16 Å². The second-order valence-electron chi connectivity index (χ2n) is 4.86. The molecule has 0 bridgehead atoms. The predicted molar refractivity (Wildman–Crippen MR) is 83.0 cm³/mol. The lowest BCUT2D eigenvalue weighted by molar-refractivity contribution is -0.467. The van der Waals surface area contributed by atoms with Gasteiger partial charge in [-0.3, -0.25) is 9.47 Å². The van der Waals surface area contributed by atoms with Crippen LogP contribution in [0.15, 0.2) is 60.7 Å². The van der Waals surface area contributed by atoms with Crippen LogP contribution in [0, 0.1) is 0 Å². The number of para-hydroxylation sites is 2. The van der Waals surface area contributed by atoms with E-state index in [2.05, 4.69) is 0 Å². The number of hydrogen-bond acceptors (Lipinski definition) is 4. The quantitative estimate of drug-likeness (QED) is 0.620. The molecule has 1 atom stereocenters. The molecule has 3 rings (SSSR count). The monoisotopic (exact) mass is 320 g/mol. The van der Waals surface area contributed by atoms with Gasteiger partial charge in [-0.25, -0.2) is 0 Å². The molecule has 1 heterocycles. The molecule has 4 nitrogen and oxygen atoms in total. The molecule has 2 aromatic carbocycles. The van der Waals surface area contributed by atoms with E-state index in [4.69, 9.17) is 30.5 Å². The minimum absolute atomic E-state index is 0.192. The molecule has 1 aliphatic rings. The second-order valence-corrected chi connectivity index (χ2v) is 5.17. The van der Waals surface area contributed by atoms with Gasteiger partial charge in [-0.05, 0) is 30.7 Å². The average molecular weight is 321 g/mol. The first kappa shape index (κ1) is 15.2. The van der Waals surface area contributed by atoms with E-state index >= 15 is 0 Å². The zero-order chi connectivity index (χ0) is 15.3. The second kappa shape index (κ2) is 7.01. The van der Waals surface area contributed by atoms with Crippen molar-refractivity contribution >= 4 is 11.6 Å². The first-order valence-corrected chi connectivity index (χ1v) is 7.69. The van der Waals surface area contributed by atoms with Crippen LogP contribution in [0.25, 0.3) is 0 Å². The molecule has 0 saturated carbocycles. The van der Waals surface area contributed by atoms with Gasteiger partial charge in [0.1, 0.15) is 11.5 Å². The average Bonchev–Trinajstić information content (AvgIpc) is 2.56. The van der Waals surface area contributed by atoms with Gasteiger partial charge in [0.2, 0.25) is 0 Å². The Kier molecular flexibility index (Phi) is 4.83. The van der Waals surface area contributed by atoms with E-state index in [0.717, 1.165) is 0 Å². The van der Waals surface area contributed by atoms with Crippen molar-refractivity contribution in [3.8, 4) is 11.5 Å².